The molecule has 4 N–H and O–H groups in total. The van der Waals surface area contributed by atoms with Gasteiger partial charge in [0.25, 0.3) is 0 Å². The highest BCUT2D eigenvalue weighted by molar-refractivity contribution is 9.10. The highest BCUT2D eigenvalue weighted by Crippen LogP contribution is 2.32. The minimum Gasteiger partial charge on any atom is -0.399 e. The van der Waals surface area contributed by atoms with Gasteiger partial charge in [-0.25, -0.2) is 0 Å². The van der Waals surface area contributed by atoms with Gasteiger partial charge in [0.1, 0.15) is 6.07 Å². The normalized spacial score (nSPS) is 11.6. The van der Waals surface area contributed by atoms with E-state index in [0.29, 0.717) is 16.3 Å². The second-order valence-corrected chi connectivity index (χ2v) is 5.97. The third-order valence-corrected chi connectivity index (χ3v) is 4.23. The largest absolute Gasteiger partial charge is 0.399 e. The Labute approximate surface area is 130 Å². The van der Waals surface area contributed by atoms with Gasteiger partial charge in [0.2, 0.25) is 0 Å². The minimum absolute atomic E-state index is 0.458. The van der Waals surface area contributed by atoms with Crippen LogP contribution >= 0.6 is 27.7 Å². The van der Waals surface area contributed by atoms with Gasteiger partial charge < -0.3 is 11.5 Å². The topological polar surface area (TPSA) is 75.8 Å². The van der Waals surface area contributed by atoms with E-state index < -0.39 is 0 Å². The number of nitrogens with two attached hydrogens (primary N) is 2. The first-order valence-electron chi connectivity index (χ1n) is 5.80. The summed E-state index contributed by atoms with van der Waals surface area (Å²) >= 11 is 4.78. The van der Waals surface area contributed by atoms with Crippen molar-refractivity contribution in [1.82, 2.24) is 0 Å². The molecule has 0 aliphatic rings. The zero-order chi connectivity index (χ0) is 14.5. The molecule has 0 saturated heterocycles. The minimum atomic E-state index is 0.458. The number of benzene rings is 2. The number of allylic oxidation sites excluding steroid dienone is 1. The van der Waals surface area contributed by atoms with Crippen LogP contribution in [0.3, 0.4) is 0 Å². The molecule has 0 atom stereocenters. The molecule has 0 bridgehead atoms. The first-order valence-corrected chi connectivity index (χ1v) is 7.41. The molecule has 0 radical (unpaired) electrons. The SMILES string of the molecule is N#C/C(=C(/N)Sc1ccc(N)cc1)c1ccccc1Br. The zero-order valence-corrected chi connectivity index (χ0v) is 12.9. The van der Waals surface area contributed by atoms with Gasteiger partial charge in [0, 0.05) is 20.6 Å². The van der Waals surface area contributed by atoms with Gasteiger partial charge in [-0.05, 0) is 30.3 Å². The van der Waals surface area contributed by atoms with Crippen molar-refractivity contribution < 1.29 is 0 Å². The average Bonchev–Trinajstić information content (AvgIpc) is 2.44. The predicted molar refractivity (Wildman–Crippen MR) is 87.6 cm³/mol. The monoisotopic (exact) mass is 345 g/mol. The Morgan fingerprint density at radius 3 is 2.35 bits per heavy atom. The zero-order valence-electron chi connectivity index (χ0n) is 10.5. The van der Waals surface area contributed by atoms with Gasteiger partial charge in [-0.15, -0.1) is 0 Å². The van der Waals surface area contributed by atoms with E-state index in [0.717, 1.165) is 14.9 Å². The maximum absolute atomic E-state index is 9.35. The molecule has 0 saturated carbocycles. The number of halogens is 1. The van der Waals surface area contributed by atoms with Crippen molar-refractivity contribution in [1.29, 1.82) is 5.26 Å². The molecule has 0 spiro atoms. The Balaban J connectivity index is 2.36. The van der Waals surface area contributed by atoms with Crippen molar-refractivity contribution >= 4 is 39.0 Å². The van der Waals surface area contributed by atoms with Gasteiger partial charge >= 0.3 is 0 Å². The second kappa shape index (κ2) is 6.51. The Bertz CT molecular complexity index is 687. The molecule has 2 rings (SSSR count). The number of hydrogen-bond donors (Lipinski definition) is 2. The summed E-state index contributed by atoms with van der Waals surface area (Å²) in [5.41, 5.74) is 13.7. The molecule has 100 valence electrons. The van der Waals surface area contributed by atoms with Gasteiger partial charge in [0.05, 0.1) is 10.6 Å². The number of nitrogens with zero attached hydrogens (tertiary/aromatic N) is 1. The molecule has 0 amide bonds. The summed E-state index contributed by atoms with van der Waals surface area (Å²) in [5.74, 6) is 0. The lowest BCUT2D eigenvalue weighted by atomic mass is 10.1. The second-order valence-electron chi connectivity index (χ2n) is 4.00. The van der Waals surface area contributed by atoms with Crippen LogP contribution in [0.15, 0.2) is 62.9 Å². The summed E-state index contributed by atoms with van der Waals surface area (Å²) in [6.45, 7) is 0. The fourth-order valence-corrected chi connectivity index (χ4v) is 2.89. The summed E-state index contributed by atoms with van der Waals surface area (Å²) in [5, 5.41) is 9.82. The molecule has 0 aliphatic heterocycles. The van der Waals surface area contributed by atoms with Gasteiger partial charge in [0.15, 0.2) is 0 Å². The van der Waals surface area contributed by atoms with Crippen molar-refractivity contribution in [2.45, 2.75) is 4.90 Å². The molecule has 0 aliphatic carbocycles. The molecule has 0 aromatic heterocycles. The summed E-state index contributed by atoms with van der Waals surface area (Å²) in [6, 6.07) is 17.0. The number of nitrogen functional groups attached to an aromatic ring is 1. The van der Waals surface area contributed by atoms with Crippen LogP contribution in [0.2, 0.25) is 0 Å². The molecule has 0 unspecified atom stereocenters. The molecule has 20 heavy (non-hydrogen) atoms. The van der Waals surface area contributed by atoms with Gasteiger partial charge in [-0.1, -0.05) is 45.9 Å². The van der Waals surface area contributed by atoms with E-state index in [-0.39, 0.29) is 0 Å². The number of anilines is 1. The third-order valence-electron chi connectivity index (χ3n) is 2.61. The van der Waals surface area contributed by atoms with Crippen LogP contribution in [0.5, 0.6) is 0 Å². The maximum Gasteiger partial charge on any atom is 0.103 e. The smallest absolute Gasteiger partial charge is 0.103 e. The van der Waals surface area contributed by atoms with Crippen LogP contribution in [0.25, 0.3) is 5.57 Å². The summed E-state index contributed by atoms with van der Waals surface area (Å²) in [7, 11) is 0. The van der Waals surface area contributed by atoms with E-state index in [9.17, 15) is 5.26 Å². The molecule has 0 heterocycles. The number of rotatable bonds is 3. The van der Waals surface area contributed by atoms with E-state index in [1.165, 1.54) is 11.8 Å². The number of hydrogen-bond acceptors (Lipinski definition) is 4. The lowest BCUT2D eigenvalue weighted by Crippen LogP contribution is -1.98. The molecular weight excluding hydrogens is 334 g/mol. The Kier molecular flexibility index (Phi) is 4.72. The van der Waals surface area contributed by atoms with Crippen molar-refractivity contribution in [3.63, 3.8) is 0 Å². The van der Waals surface area contributed by atoms with Crippen molar-refractivity contribution in [3.8, 4) is 6.07 Å². The first-order chi connectivity index (χ1) is 9.61. The van der Waals surface area contributed by atoms with E-state index >= 15 is 0 Å². The fourth-order valence-electron chi connectivity index (χ4n) is 1.63. The summed E-state index contributed by atoms with van der Waals surface area (Å²) < 4.78 is 0.845. The Morgan fingerprint density at radius 1 is 1.10 bits per heavy atom. The fraction of sp³-hybridized carbons (Fsp3) is 0. The van der Waals surface area contributed by atoms with Crippen LogP contribution in [-0.2, 0) is 0 Å². The van der Waals surface area contributed by atoms with Gasteiger partial charge in [-0.2, -0.15) is 5.26 Å². The maximum atomic E-state index is 9.35. The van der Waals surface area contributed by atoms with E-state index in [4.69, 9.17) is 11.5 Å². The van der Waals surface area contributed by atoms with Crippen molar-refractivity contribution in [2.24, 2.45) is 5.73 Å². The molecule has 3 nitrogen and oxygen atoms in total. The Hall–Kier alpha value is -1.90. The molecule has 0 fully saturated rings. The van der Waals surface area contributed by atoms with E-state index in [1.807, 2.05) is 36.4 Å². The first kappa shape index (κ1) is 14.5. The number of thioether (sulfide) groups is 1. The third kappa shape index (κ3) is 3.35. The Morgan fingerprint density at radius 2 is 1.75 bits per heavy atom. The van der Waals surface area contributed by atoms with E-state index in [2.05, 4.69) is 22.0 Å². The highest BCUT2D eigenvalue weighted by Gasteiger charge is 2.10. The standard InChI is InChI=1S/C15H12BrN3S/c16-14-4-2-1-3-12(14)13(9-17)15(19)20-11-7-5-10(18)6-8-11/h1-8H,18-19H2/b15-13+. The predicted octanol–water partition coefficient (Wildman–Crippen LogP) is 3.97. The van der Waals surface area contributed by atoms with Crippen molar-refractivity contribution in [2.75, 3.05) is 5.73 Å². The molecule has 5 heteroatoms. The quantitative estimate of drug-likeness (QED) is 0.501. The summed E-state index contributed by atoms with van der Waals surface area (Å²) in [6.07, 6.45) is 0. The lowest BCUT2D eigenvalue weighted by molar-refractivity contribution is 1.43. The van der Waals surface area contributed by atoms with Crippen molar-refractivity contribution in [3.05, 3.63) is 63.6 Å². The van der Waals surface area contributed by atoms with Crippen LogP contribution in [0.1, 0.15) is 5.56 Å². The summed E-state index contributed by atoms with van der Waals surface area (Å²) in [4.78, 5) is 0.941. The molecule has 2 aromatic carbocycles. The van der Waals surface area contributed by atoms with Crippen LogP contribution in [-0.4, -0.2) is 0 Å². The van der Waals surface area contributed by atoms with Crippen LogP contribution in [0.4, 0.5) is 5.69 Å². The lowest BCUT2D eigenvalue weighted by Gasteiger charge is -2.07. The molecular formula is C15H12BrN3S. The molecule has 2 aromatic rings. The van der Waals surface area contributed by atoms with Gasteiger partial charge in [-0.3, -0.25) is 0 Å². The highest BCUT2D eigenvalue weighted by atomic mass is 79.9. The van der Waals surface area contributed by atoms with Crippen LogP contribution < -0.4 is 11.5 Å². The number of nitriles is 1. The average molecular weight is 346 g/mol. The van der Waals surface area contributed by atoms with Crippen LogP contribution in [0, 0.1) is 11.3 Å². The van der Waals surface area contributed by atoms with E-state index in [1.54, 1.807) is 12.1 Å².